The normalized spacial score (nSPS) is 16.1. The molecule has 0 fully saturated rings. The van der Waals surface area contributed by atoms with Crippen LogP contribution in [0.25, 0.3) is 0 Å². The van der Waals surface area contributed by atoms with E-state index in [1.54, 1.807) is 0 Å². The Labute approximate surface area is 47.3 Å². The van der Waals surface area contributed by atoms with Crippen molar-refractivity contribution in [2.24, 2.45) is 0 Å². The van der Waals surface area contributed by atoms with Crippen molar-refractivity contribution in [2.75, 3.05) is 7.11 Å². The zero-order valence-electron chi connectivity index (χ0n) is 4.83. The molecule has 0 aromatic heterocycles. The van der Waals surface area contributed by atoms with Crippen molar-refractivity contribution < 1.29 is 20.1 Å². The molecule has 0 aliphatic carbocycles. The average Bonchev–Trinajstić information content (AvgIpc) is 1.62. The molecule has 0 aliphatic rings. The molecule has 0 radical (unpaired) electrons. The maximum atomic E-state index is 8.27. The third-order valence-corrected chi connectivity index (χ3v) is 0.899. The average molecular weight is 122 g/mol. The van der Waals surface area contributed by atoms with Crippen LogP contribution < -0.4 is 0 Å². The van der Waals surface area contributed by atoms with Gasteiger partial charge < -0.3 is 20.1 Å². The first-order valence-electron chi connectivity index (χ1n) is 2.18. The topological polar surface area (TPSA) is 69.9 Å². The Bertz CT molecular complexity index is 64.9. The Morgan fingerprint density at radius 1 is 1.38 bits per heavy atom. The summed E-state index contributed by atoms with van der Waals surface area (Å²) in [6.07, 6.45) is -0.984. The third-order valence-electron chi connectivity index (χ3n) is 0.899. The SMILES string of the molecule is COC(C)C(O)(O)O. The molecule has 0 saturated heterocycles. The Kier molecular flexibility index (Phi) is 2.36. The zero-order valence-corrected chi connectivity index (χ0v) is 4.83. The van der Waals surface area contributed by atoms with Crippen molar-refractivity contribution in [1.29, 1.82) is 0 Å². The fourth-order valence-corrected chi connectivity index (χ4v) is 0.158. The van der Waals surface area contributed by atoms with Crippen LogP contribution in [0.5, 0.6) is 0 Å². The van der Waals surface area contributed by atoms with Crippen LogP contribution in [0.15, 0.2) is 0 Å². The van der Waals surface area contributed by atoms with E-state index >= 15 is 0 Å². The Hall–Kier alpha value is -0.160. The van der Waals surface area contributed by atoms with Crippen LogP contribution in [0.4, 0.5) is 0 Å². The van der Waals surface area contributed by atoms with Gasteiger partial charge in [0.2, 0.25) is 0 Å². The van der Waals surface area contributed by atoms with E-state index in [4.69, 9.17) is 15.3 Å². The molecule has 0 saturated carbocycles. The lowest BCUT2D eigenvalue weighted by Crippen LogP contribution is -2.40. The number of aliphatic hydroxyl groups is 3. The molecule has 8 heavy (non-hydrogen) atoms. The highest BCUT2D eigenvalue weighted by Gasteiger charge is 2.27. The van der Waals surface area contributed by atoms with Crippen LogP contribution in [0.3, 0.4) is 0 Å². The summed E-state index contributed by atoms with van der Waals surface area (Å²) in [7, 11) is 1.27. The molecular weight excluding hydrogens is 112 g/mol. The van der Waals surface area contributed by atoms with E-state index in [-0.39, 0.29) is 0 Å². The van der Waals surface area contributed by atoms with E-state index in [1.165, 1.54) is 14.0 Å². The minimum absolute atomic E-state index is 0.984. The molecule has 4 nitrogen and oxygen atoms in total. The maximum Gasteiger partial charge on any atom is 0.302 e. The van der Waals surface area contributed by atoms with Crippen molar-refractivity contribution >= 4 is 0 Å². The summed E-state index contributed by atoms with van der Waals surface area (Å²) >= 11 is 0. The molecule has 1 unspecified atom stereocenters. The van der Waals surface area contributed by atoms with Gasteiger partial charge in [-0.3, -0.25) is 0 Å². The molecule has 3 N–H and O–H groups in total. The first-order chi connectivity index (χ1) is 3.48. The molecule has 0 bridgehead atoms. The molecule has 4 heteroatoms. The minimum Gasteiger partial charge on any atom is -0.373 e. The lowest BCUT2D eigenvalue weighted by atomic mass is 10.3. The van der Waals surface area contributed by atoms with Gasteiger partial charge in [-0.25, -0.2) is 0 Å². The number of rotatable bonds is 2. The van der Waals surface area contributed by atoms with Gasteiger partial charge >= 0.3 is 5.97 Å². The van der Waals surface area contributed by atoms with Crippen LogP contribution in [-0.4, -0.2) is 34.5 Å². The third kappa shape index (κ3) is 2.23. The summed E-state index contributed by atoms with van der Waals surface area (Å²) in [6.45, 7) is 1.33. The number of methoxy groups -OCH3 is 1. The van der Waals surface area contributed by atoms with Crippen molar-refractivity contribution in [1.82, 2.24) is 0 Å². The summed E-state index contributed by atoms with van der Waals surface area (Å²) in [6, 6.07) is 0. The summed E-state index contributed by atoms with van der Waals surface area (Å²) in [5.74, 6) is -2.71. The van der Waals surface area contributed by atoms with Crippen molar-refractivity contribution in [3.05, 3.63) is 0 Å². The first kappa shape index (κ1) is 7.84. The molecular formula is C4H10O4. The molecule has 0 rings (SSSR count). The predicted octanol–water partition coefficient (Wildman–Crippen LogP) is -1.35. The molecule has 0 heterocycles. The molecule has 0 aliphatic heterocycles. The van der Waals surface area contributed by atoms with Crippen molar-refractivity contribution in [3.63, 3.8) is 0 Å². The molecule has 0 amide bonds. The molecule has 0 aromatic carbocycles. The van der Waals surface area contributed by atoms with E-state index in [0.717, 1.165) is 0 Å². The molecule has 1 atom stereocenters. The predicted molar refractivity (Wildman–Crippen MR) is 25.9 cm³/mol. The van der Waals surface area contributed by atoms with Crippen molar-refractivity contribution in [3.8, 4) is 0 Å². The van der Waals surface area contributed by atoms with Crippen LogP contribution in [0.1, 0.15) is 6.92 Å². The zero-order chi connectivity index (χ0) is 6.78. The highest BCUT2D eigenvalue weighted by atomic mass is 16.7. The van der Waals surface area contributed by atoms with Crippen LogP contribution >= 0.6 is 0 Å². The second-order valence-corrected chi connectivity index (χ2v) is 1.57. The smallest absolute Gasteiger partial charge is 0.302 e. The first-order valence-corrected chi connectivity index (χ1v) is 2.18. The van der Waals surface area contributed by atoms with Gasteiger partial charge in [-0.1, -0.05) is 0 Å². The molecule has 0 spiro atoms. The fraction of sp³-hybridized carbons (Fsp3) is 1.00. The summed E-state index contributed by atoms with van der Waals surface area (Å²) < 4.78 is 4.36. The monoisotopic (exact) mass is 122 g/mol. The quantitative estimate of drug-likeness (QED) is 0.396. The van der Waals surface area contributed by atoms with Gasteiger partial charge in [0, 0.05) is 7.11 Å². The lowest BCUT2D eigenvalue weighted by molar-refractivity contribution is -0.354. The van der Waals surface area contributed by atoms with Gasteiger partial charge in [0.25, 0.3) is 0 Å². The lowest BCUT2D eigenvalue weighted by Gasteiger charge is -2.19. The highest BCUT2D eigenvalue weighted by molar-refractivity contribution is 4.55. The Morgan fingerprint density at radius 2 is 1.75 bits per heavy atom. The van der Waals surface area contributed by atoms with E-state index in [2.05, 4.69) is 4.74 Å². The molecule has 0 aromatic rings. The summed E-state index contributed by atoms with van der Waals surface area (Å²) in [5.41, 5.74) is 0. The summed E-state index contributed by atoms with van der Waals surface area (Å²) in [5, 5.41) is 24.8. The van der Waals surface area contributed by atoms with E-state index in [9.17, 15) is 0 Å². The van der Waals surface area contributed by atoms with Crippen molar-refractivity contribution in [2.45, 2.75) is 19.0 Å². The molecule has 50 valence electrons. The van der Waals surface area contributed by atoms with Gasteiger partial charge in [-0.2, -0.15) is 0 Å². The van der Waals surface area contributed by atoms with Crippen LogP contribution in [0.2, 0.25) is 0 Å². The Balaban J connectivity index is 3.62. The largest absolute Gasteiger partial charge is 0.373 e. The second kappa shape index (κ2) is 2.41. The maximum absolute atomic E-state index is 8.27. The van der Waals surface area contributed by atoms with Crippen LogP contribution in [-0.2, 0) is 4.74 Å². The number of hydrogen-bond donors (Lipinski definition) is 3. The van der Waals surface area contributed by atoms with Crippen LogP contribution in [0, 0.1) is 0 Å². The van der Waals surface area contributed by atoms with E-state index < -0.39 is 12.1 Å². The van der Waals surface area contributed by atoms with Gasteiger partial charge in [-0.05, 0) is 6.92 Å². The fourth-order valence-electron chi connectivity index (χ4n) is 0.158. The van der Waals surface area contributed by atoms with Gasteiger partial charge in [0.1, 0.15) is 6.10 Å². The van der Waals surface area contributed by atoms with E-state index in [1.807, 2.05) is 0 Å². The minimum atomic E-state index is -2.71. The summed E-state index contributed by atoms with van der Waals surface area (Å²) in [4.78, 5) is 0. The standard InChI is InChI=1S/C4H10O4/c1-3(8-2)4(5,6)7/h3,5-7H,1-2H3. The number of ether oxygens (including phenoxy) is 1. The van der Waals surface area contributed by atoms with E-state index in [0.29, 0.717) is 0 Å². The van der Waals surface area contributed by atoms with Gasteiger partial charge in [0.05, 0.1) is 0 Å². The van der Waals surface area contributed by atoms with Gasteiger partial charge in [-0.15, -0.1) is 0 Å². The second-order valence-electron chi connectivity index (χ2n) is 1.57. The highest BCUT2D eigenvalue weighted by Crippen LogP contribution is 2.02. The Morgan fingerprint density at radius 3 is 1.75 bits per heavy atom. The number of hydrogen-bond acceptors (Lipinski definition) is 4. The van der Waals surface area contributed by atoms with Gasteiger partial charge in [0.15, 0.2) is 0 Å².